The van der Waals surface area contributed by atoms with Crippen molar-refractivity contribution < 1.29 is 27.9 Å². The van der Waals surface area contributed by atoms with Crippen molar-refractivity contribution in [2.75, 3.05) is 5.32 Å². The van der Waals surface area contributed by atoms with Crippen LogP contribution in [0.15, 0.2) is 36.4 Å². The molecule has 0 saturated heterocycles. The number of anilines is 1. The number of fused-ring (bicyclic) bond motifs is 1. The van der Waals surface area contributed by atoms with Crippen LogP contribution < -0.4 is 16.8 Å². The number of amidine groups is 1. The molecule has 7 N–H and O–H groups in total. The number of rotatable bonds is 2. The van der Waals surface area contributed by atoms with Crippen LogP contribution in [0.3, 0.4) is 0 Å². The first-order valence-electron chi connectivity index (χ1n) is 6.26. The highest BCUT2D eigenvalue weighted by atomic mass is 19.4. The minimum Gasteiger partial charge on any atom is -0.475 e. The van der Waals surface area contributed by atoms with Crippen molar-refractivity contribution in [3.05, 3.63) is 42.0 Å². The van der Waals surface area contributed by atoms with Crippen LogP contribution in [-0.2, 0) is 4.79 Å². The fourth-order valence-corrected chi connectivity index (χ4v) is 1.68. The molecule has 0 heterocycles. The highest BCUT2D eigenvalue weighted by Gasteiger charge is 2.38. The monoisotopic (exact) mass is 342 g/mol. The Morgan fingerprint density at radius 2 is 1.71 bits per heavy atom. The Hall–Kier alpha value is -3.30. The molecule has 0 fully saturated rings. The number of alkyl halides is 3. The summed E-state index contributed by atoms with van der Waals surface area (Å²) in [6.45, 7) is 0. The molecule has 2 amide bonds. The van der Waals surface area contributed by atoms with Crippen molar-refractivity contribution in [3.8, 4) is 0 Å². The van der Waals surface area contributed by atoms with Gasteiger partial charge >= 0.3 is 18.2 Å². The van der Waals surface area contributed by atoms with Crippen molar-refractivity contribution >= 4 is 34.3 Å². The summed E-state index contributed by atoms with van der Waals surface area (Å²) in [7, 11) is 0. The van der Waals surface area contributed by atoms with Crippen LogP contribution in [0.5, 0.6) is 0 Å². The molecule has 0 spiro atoms. The number of carboxylic acids is 1. The Bertz CT molecular complexity index is 790. The molecule has 7 nitrogen and oxygen atoms in total. The largest absolute Gasteiger partial charge is 0.490 e. The number of amides is 2. The van der Waals surface area contributed by atoms with E-state index in [0.717, 1.165) is 10.8 Å². The number of benzene rings is 2. The van der Waals surface area contributed by atoms with Gasteiger partial charge in [0.25, 0.3) is 0 Å². The summed E-state index contributed by atoms with van der Waals surface area (Å²) in [5, 5.41) is 18.8. The smallest absolute Gasteiger partial charge is 0.475 e. The van der Waals surface area contributed by atoms with Crippen molar-refractivity contribution in [2.24, 2.45) is 11.5 Å². The first-order valence-corrected chi connectivity index (χ1v) is 6.26. The van der Waals surface area contributed by atoms with Gasteiger partial charge in [-0.1, -0.05) is 24.3 Å². The van der Waals surface area contributed by atoms with Gasteiger partial charge in [0, 0.05) is 10.9 Å². The molecule has 2 aromatic rings. The Labute approximate surface area is 133 Å². The Morgan fingerprint density at radius 1 is 1.12 bits per heavy atom. The van der Waals surface area contributed by atoms with Gasteiger partial charge in [0.15, 0.2) is 0 Å². The van der Waals surface area contributed by atoms with Crippen LogP contribution in [0.2, 0.25) is 0 Å². The number of hydrogen-bond donors (Lipinski definition) is 5. The van der Waals surface area contributed by atoms with Crippen molar-refractivity contribution in [1.82, 2.24) is 0 Å². The average molecular weight is 342 g/mol. The van der Waals surface area contributed by atoms with Gasteiger partial charge in [0.2, 0.25) is 0 Å². The first kappa shape index (κ1) is 18.7. The summed E-state index contributed by atoms with van der Waals surface area (Å²) in [5.41, 5.74) is 11.7. The number of halogens is 3. The van der Waals surface area contributed by atoms with Gasteiger partial charge in [-0.15, -0.1) is 0 Å². The molecule has 0 saturated carbocycles. The van der Waals surface area contributed by atoms with Gasteiger partial charge in [-0.3, -0.25) is 5.41 Å². The molecule has 0 aliphatic rings. The number of primary amides is 1. The van der Waals surface area contributed by atoms with Gasteiger partial charge in [0.1, 0.15) is 5.84 Å². The van der Waals surface area contributed by atoms with E-state index >= 15 is 0 Å². The maximum Gasteiger partial charge on any atom is 0.490 e. The molecule has 0 atom stereocenters. The molecule has 128 valence electrons. The summed E-state index contributed by atoms with van der Waals surface area (Å²) in [6.07, 6.45) is -5.08. The second-order valence-corrected chi connectivity index (χ2v) is 4.45. The van der Waals surface area contributed by atoms with E-state index in [2.05, 4.69) is 5.32 Å². The van der Waals surface area contributed by atoms with Gasteiger partial charge < -0.3 is 21.9 Å². The van der Waals surface area contributed by atoms with E-state index in [1.54, 1.807) is 18.2 Å². The minimum absolute atomic E-state index is 0.0132. The number of carboxylic acid groups (broad SMARTS) is 1. The quantitative estimate of drug-likeness (QED) is 0.421. The highest BCUT2D eigenvalue weighted by molar-refractivity contribution is 6.05. The van der Waals surface area contributed by atoms with E-state index in [-0.39, 0.29) is 5.84 Å². The first-order chi connectivity index (χ1) is 11.0. The van der Waals surface area contributed by atoms with Gasteiger partial charge in [0.05, 0.1) is 5.69 Å². The lowest BCUT2D eigenvalue weighted by molar-refractivity contribution is -0.192. The zero-order valence-corrected chi connectivity index (χ0v) is 12.0. The maximum atomic E-state index is 10.9. The Kier molecular flexibility index (Phi) is 5.71. The normalized spacial score (nSPS) is 10.5. The lowest BCUT2D eigenvalue weighted by atomic mass is 10.0. The van der Waals surface area contributed by atoms with Gasteiger partial charge in [-0.2, -0.15) is 13.2 Å². The molecule has 24 heavy (non-hydrogen) atoms. The van der Waals surface area contributed by atoms with E-state index in [1.165, 1.54) is 0 Å². The molecule has 2 aromatic carbocycles. The number of aliphatic carboxylic acids is 1. The van der Waals surface area contributed by atoms with E-state index in [4.69, 9.17) is 26.8 Å². The molecule has 2 rings (SSSR count). The van der Waals surface area contributed by atoms with E-state index in [9.17, 15) is 18.0 Å². The van der Waals surface area contributed by atoms with Crippen LogP contribution in [0.25, 0.3) is 10.8 Å². The summed E-state index contributed by atoms with van der Waals surface area (Å²) in [4.78, 5) is 19.8. The number of carbonyl (C=O) groups is 2. The molecule has 0 radical (unpaired) electrons. The van der Waals surface area contributed by atoms with Crippen molar-refractivity contribution in [3.63, 3.8) is 0 Å². The summed E-state index contributed by atoms with van der Waals surface area (Å²) >= 11 is 0. The standard InChI is InChI=1S/C12H12N4O.C2HF3O2/c13-11(14)8-5-4-7-2-1-3-10(9(7)6-8)16-12(15)17;3-2(4,5)1(6)7/h1-6H,(H3,13,14)(H3,15,16,17);(H,6,7). The zero-order chi connectivity index (χ0) is 18.5. The van der Waals surface area contributed by atoms with Crippen LogP contribution in [-0.4, -0.2) is 29.1 Å². The number of nitrogens with two attached hydrogens (primary N) is 2. The van der Waals surface area contributed by atoms with Crippen LogP contribution >= 0.6 is 0 Å². The predicted molar refractivity (Wildman–Crippen MR) is 81.9 cm³/mol. The number of carbonyl (C=O) groups excluding carboxylic acids is 1. The Morgan fingerprint density at radius 3 is 2.17 bits per heavy atom. The summed E-state index contributed by atoms with van der Waals surface area (Å²) in [5.74, 6) is -2.77. The van der Waals surface area contributed by atoms with Crippen LogP contribution in [0.1, 0.15) is 5.56 Å². The molecule has 0 unspecified atom stereocenters. The molecule has 0 aliphatic heterocycles. The van der Waals surface area contributed by atoms with E-state index < -0.39 is 18.2 Å². The molecule has 0 aromatic heterocycles. The van der Waals surface area contributed by atoms with Gasteiger partial charge in [-0.25, -0.2) is 9.59 Å². The third-order valence-corrected chi connectivity index (χ3v) is 2.69. The average Bonchev–Trinajstić information content (AvgIpc) is 2.46. The second kappa shape index (κ2) is 7.31. The Balaban J connectivity index is 0.000000351. The fraction of sp³-hybridized carbons (Fsp3) is 0.0714. The maximum absolute atomic E-state index is 10.9. The summed E-state index contributed by atoms with van der Waals surface area (Å²) in [6, 6.07) is 10.2. The number of hydrogen-bond acceptors (Lipinski definition) is 3. The van der Waals surface area contributed by atoms with Crippen LogP contribution in [0, 0.1) is 5.41 Å². The van der Waals surface area contributed by atoms with E-state index in [1.807, 2.05) is 18.2 Å². The fourth-order valence-electron chi connectivity index (χ4n) is 1.68. The summed E-state index contributed by atoms with van der Waals surface area (Å²) < 4.78 is 31.7. The van der Waals surface area contributed by atoms with Gasteiger partial charge in [-0.05, 0) is 17.5 Å². The molecule has 10 heteroatoms. The molecule has 0 bridgehead atoms. The molecular formula is C14H13F3N4O3. The SMILES string of the molecule is N=C(N)c1ccc2cccc(NC(N)=O)c2c1.O=C(O)C(F)(F)F. The van der Waals surface area contributed by atoms with Crippen LogP contribution in [0.4, 0.5) is 23.7 Å². The number of nitrogens with one attached hydrogen (secondary N) is 2. The lowest BCUT2D eigenvalue weighted by Crippen LogP contribution is -2.21. The number of nitrogen functional groups attached to an aromatic ring is 1. The minimum atomic E-state index is -5.08. The zero-order valence-electron chi connectivity index (χ0n) is 12.0. The predicted octanol–water partition coefficient (Wildman–Crippen LogP) is 2.25. The lowest BCUT2D eigenvalue weighted by Gasteiger charge is -2.08. The second-order valence-electron chi connectivity index (χ2n) is 4.45. The molecular weight excluding hydrogens is 329 g/mol. The molecule has 0 aliphatic carbocycles. The van der Waals surface area contributed by atoms with Crippen molar-refractivity contribution in [2.45, 2.75) is 6.18 Å². The third-order valence-electron chi connectivity index (χ3n) is 2.69. The van der Waals surface area contributed by atoms with E-state index in [0.29, 0.717) is 11.3 Å². The number of urea groups is 1. The third kappa shape index (κ3) is 5.16. The topological polar surface area (TPSA) is 142 Å². The van der Waals surface area contributed by atoms with Crippen molar-refractivity contribution in [1.29, 1.82) is 5.41 Å². The highest BCUT2D eigenvalue weighted by Crippen LogP contribution is 2.24.